The van der Waals surface area contributed by atoms with E-state index in [2.05, 4.69) is 18.8 Å². The Kier molecular flexibility index (Phi) is 3.64. The second-order valence-corrected chi connectivity index (χ2v) is 4.35. The Balaban J connectivity index is 2.29. The maximum Gasteiger partial charge on any atom is 0.179 e. The summed E-state index contributed by atoms with van der Waals surface area (Å²) < 4.78 is 7.59. The van der Waals surface area contributed by atoms with Crippen LogP contribution >= 0.6 is 0 Å². The first kappa shape index (κ1) is 11.9. The van der Waals surface area contributed by atoms with Gasteiger partial charge in [-0.15, -0.1) is 0 Å². The van der Waals surface area contributed by atoms with Crippen LogP contribution in [0.5, 0.6) is 5.75 Å². The summed E-state index contributed by atoms with van der Waals surface area (Å²) in [6.07, 6.45) is 4.63. The average Bonchev–Trinajstić information content (AvgIpc) is 2.74. The molecule has 1 N–H and O–H groups in total. The van der Waals surface area contributed by atoms with Crippen LogP contribution in [0.4, 0.5) is 0 Å². The van der Waals surface area contributed by atoms with E-state index < -0.39 is 0 Å². The van der Waals surface area contributed by atoms with Gasteiger partial charge < -0.3 is 14.2 Å². The van der Waals surface area contributed by atoms with Gasteiger partial charge in [-0.05, 0) is 18.1 Å². The van der Waals surface area contributed by atoms with E-state index in [1.807, 2.05) is 28.9 Å². The highest BCUT2D eigenvalue weighted by molar-refractivity contribution is 5.54. The third kappa shape index (κ3) is 2.58. The van der Waals surface area contributed by atoms with Crippen molar-refractivity contribution < 1.29 is 9.84 Å². The Labute approximate surface area is 101 Å². The number of pyridine rings is 1. The summed E-state index contributed by atoms with van der Waals surface area (Å²) in [5.74, 6) is 1.17. The molecule has 2 aromatic rings. The molecule has 0 atom stereocenters. The lowest BCUT2D eigenvalue weighted by Gasteiger charge is -2.05. The first-order valence-corrected chi connectivity index (χ1v) is 5.93. The molecule has 0 bridgehead atoms. The Morgan fingerprint density at radius 1 is 1.47 bits per heavy atom. The molecule has 0 aliphatic rings. The molecule has 0 amide bonds. The summed E-state index contributed by atoms with van der Waals surface area (Å²) in [4.78, 5) is 4.57. The summed E-state index contributed by atoms with van der Waals surface area (Å²) in [6, 6.07) is 3.84. The van der Waals surface area contributed by atoms with Crippen molar-refractivity contribution in [3.05, 3.63) is 30.2 Å². The summed E-state index contributed by atoms with van der Waals surface area (Å²) >= 11 is 0. The molecule has 0 unspecified atom stereocenters. The van der Waals surface area contributed by atoms with Crippen molar-refractivity contribution >= 4 is 5.65 Å². The number of ether oxygens (including phenoxy) is 1. The highest BCUT2D eigenvalue weighted by atomic mass is 16.5. The van der Waals surface area contributed by atoms with Crippen LogP contribution < -0.4 is 4.74 Å². The molecule has 17 heavy (non-hydrogen) atoms. The van der Waals surface area contributed by atoms with E-state index in [-0.39, 0.29) is 6.61 Å². The van der Waals surface area contributed by atoms with Gasteiger partial charge in [0.05, 0.1) is 12.3 Å². The molecule has 0 spiro atoms. The number of aliphatic hydroxyl groups excluding tert-OH is 1. The zero-order valence-electron chi connectivity index (χ0n) is 10.3. The van der Waals surface area contributed by atoms with Crippen LogP contribution in [0.1, 0.15) is 31.9 Å². The molecule has 0 radical (unpaired) electrons. The van der Waals surface area contributed by atoms with Crippen LogP contribution in [-0.2, 0) is 0 Å². The standard InChI is InChI=1S/C13H18N2O2/c1-10(2)11-9-15-6-3-5-12(13(15)14-11)17-8-4-7-16/h3,5-6,9-10,16H,4,7-8H2,1-2H3. The lowest BCUT2D eigenvalue weighted by Crippen LogP contribution is -2.01. The average molecular weight is 234 g/mol. The number of fused-ring (bicyclic) bond motifs is 1. The highest BCUT2D eigenvalue weighted by Gasteiger charge is 2.09. The van der Waals surface area contributed by atoms with Gasteiger partial charge in [0.15, 0.2) is 11.4 Å². The number of aliphatic hydroxyl groups is 1. The van der Waals surface area contributed by atoms with Crippen LogP contribution in [0.15, 0.2) is 24.5 Å². The Hall–Kier alpha value is -1.55. The molecule has 4 nitrogen and oxygen atoms in total. The van der Waals surface area contributed by atoms with E-state index in [1.165, 1.54) is 0 Å². The summed E-state index contributed by atoms with van der Waals surface area (Å²) in [6.45, 7) is 4.90. The predicted molar refractivity (Wildman–Crippen MR) is 66.5 cm³/mol. The molecule has 2 heterocycles. The molecular weight excluding hydrogens is 216 g/mol. The van der Waals surface area contributed by atoms with Gasteiger partial charge in [0.1, 0.15) is 0 Å². The minimum absolute atomic E-state index is 0.148. The van der Waals surface area contributed by atoms with Crippen molar-refractivity contribution in [1.29, 1.82) is 0 Å². The molecule has 0 saturated heterocycles. The minimum Gasteiger partial charge on any atom is -0.490 e. The summed E-state index contributed by atoms with van der Waals surface area (Å²) in [5.41, 5.74) is 1.90. The van der Waals surface area contributed by atoms with Crippen LogP contribution in [-0.4, -0.2) is 27.7 Å². The van der Waals surface area contributed by atoms with Crippen molar-refractivity contribution in [3.63, 3.8) is 0 Å². The zero-order chi connectivity index (χ0) is 12.3. The normalized spacial score (nSPS) is 11.3. The molecule has 92 valence electrons. The lowest BCUT2D eigenvalue weighted by molar-refractivity contribution is 0.234. The van der Waals surface area contributed by atoms with Crippen molar-refractivity contribution in [2.75, 3.05) is 13.2 Å². The topological polar surface area (TPSA) is 46.8 Å². The number of hydrogen-bond acceptors (Lipinski definition) is 3. The van der Waals surface area contributed by atoms with E-state index >= 15 is 0 Å². The van der Waals surface area contributed by atoms with Crippen molar-refractivity contribution in [1.82, 2.24) is 9.38 Å². The van der Waals surface area contributed by atoms with E-state index in [1.54, 1.807) is 0 Å². The SMILES string of the molecule is CC(C)c1cn2cccc(OCCCO)c2n1. The minimum atomic E-state index is 0.148. The molecule has 0 aliphatic carbocycles. The third-order valence-electron chi connectivity index (χ3n) is 2.62. The van der Waals surface area contributed by atoms with Gasteiger partial charge in [0, 0.05) is 25.4 Å². The fourth-order valence-electron chi connectivity index (χ4n) is 1.64. The summed E-state index contributed by atoms with van der Waals surface area (Å²) in [7, 11) is 0. The van der Waals surface area contributed by atoms with E-state index in [0.29, 0.717) is 18.9 Å². The number of nitrogens with zero attached hydrogens (tertiary/aromatic N) is 2. The van der Waals surface area contributed by atoms with Gasteiger partial charge in [0.2, 0.25) is 0 Å². The van der Waals surface area contributed by atoms with Crippen LogP contribution in [0.2, 0.25) is 0 Å². The number of aromatic nitrogens is 2. The quantitative estimate of drug-likeness (QED) is 0.807. The van der Waals surface area contributed by atoms with Gasteiger partial charge in [-0.1, -0.05) is 13.8 Å². The monoisotopic (exact) mass is 234 g/mol. The van der Waals surface area contributed by atoms with Gasteiger partial charge in [-0.2, -0.15) is 0 Å². The van der Waals surface area contributed by atoms with Crippen LogP contribution in [0.25, 0.3) is 5.65 Å². The first-order chi connectivity index (χ1) is 8.22. The van der Waals surface area contributed by atoms with E-state index in [0.717, 1.165) is 17.1 Å². The van der Waals surface area contributed by atoms with Crippen molar-refractivity contribution in [3.8, 4) is 5.75 Å². The third-order valence-corrected chi connectivity index (χ3v) is 2.62. The van der Waals surface area contributed by atoms with Crippen molar-refractivity contribution in [2.45, 2.75) is 26.2 Å². The van der Waals surface area contributed by atoms with Crippen LogP contribution in [0.3, 0.4) is 0 Å². The Bertz CT molecular complexity index is 491. The molecule has 2 rings (SSSR count). The Morgan fingerprint density at radius 3 is 3.00 bits per heavy atom. The number of hydrogen-bond donors (Lipinski definition) is 1. The fourth-order valence-corrected chi connectivity index (χ4v) is 1.64. The van der Waals surface area contributed by atoms with Gasteiger partial charge in [-0.25, -0.2) is 4.98 Å². The van der Waals surface area contributed by atoms with E-state index in [4.69, 9.17) is 9.84 Å². The number of imidazole rings is 1. The summed E-state index contributed by atoms with van der Waals surface area (Å²) in [5, 5.41) is 8.73. The smallest absolute Gasteiger partial charge is 0.179 e. The molecular formula is C13H18N2O2. The van der Waals surface area contributed by atoms with Gasteiger partial charge in [-0.3, -0.25) is 0 Å². The van der Waals surface area contributed by atoms with Crippen LogP contribution in [0, 0.1) is 0 Å². The molecule has 0 aromatic carbocycles. The maximum absolute atomic E-state index is 8.73. The zero-order valence-corrected chi connectivity index (χ0v) is 10.3. The predicted octanol–water partition coefficient (Wildman–Crippen LogP) is 2.22. The van der Waals surface area contributed by atoms with Gasteiger partial charge in [0.25, 0.3) is 0 Å². The molecule has 4 heteroatoms. The van der Waals surface area contributed by atoms with Gasteiger partial charge >= 0.3 is 0 Å². The fraction of sp³-hybridized carbons (Fsp3) is 0.462. The second kappa shape index (κ2) is 5.19. The lowest BCUT2D eigenvalue weighted by atomic mass is 10.2. The molecule has 0 aliphatic heterocycles. The maximum atomic E-state index is 8.73. The largest absolute Gasteiger partial charge is 0.490 e. The molecule has 2 aromatic heterocycles. The first-order valence-electron chi connectivity index (χ1n) is 5.93. The Morgan fingerprint density at radius 2 is 2.29 bits per heavy atom. The second-order valence-electron chi connectivity index (χ2n) is 4.35. The highest BCUT2D eigenvalue weighted by Crippen LogP contribution is 2.22. The van der Waals surface area contributed by atoms with Crippen molar-refractivity contribution in [2.24, 2.45) is 0 Å². The molecule has 0 saturated carbocycles. The molecule has 0 fully saturated rings. The van der Waals surface area contributed by atoms with E-state index in [9.17, 15) is 0 Å². The number of rotatable bonds is 5.